The van der Waals surface area contributed by atoms with Gasteiger partial charge in [0, 0.05) is 29.3 Å². The van der Waals surface area contributed by atoms with Crippen molar-refractivity contribution in [3.8, 4) is 28.0 Å². The van der Waals surface area contributed by atoms with Gasteiger partial charge in [-0.2, -0.15) is 0 Å². The van der Waals surface area contributed by atoms with Crippen LogP contribution in [0.25, 0.3) is 16.0 Å². The van der Waals surface area contributed by atoms with Crippen molar-refractivity contribution in [3.05, 3.63) is 59.2 Å². The quantitative estimate of drug-likeness (QED) is 0.397. The SMILES string of the molecule is COc1cc2c(cc1O)ncn2-c1cc(OC(C)c2ccccc2O)c(C(C)(C)N)s1. The molecule has 31 heavy (non-hydrogen) atoms. The van der Waals surface area contributed by atoms with Gasteiger partial charge < -0.3 is 25.4 Å². The van der Waals surface area contributed by atoms with Gasteiger partial charge in [-0.3, -0.25) is 4.57 Å². The number of aromatic nitrogens is 2. The minimum atomic E-state index is -0.636. The van der Waals surface area contributed by atoms with Crippen LogP contribution in [0.4, 0.5) is 0 Å². The van der Waals surface area contributed by atoms with Gasteiger partial charge in [0.1, 0.15) is 28.9 Å². The highest BCUT2D eigenvalue weighted by Crippen LogP contribution is 2.42. The lowest BCUT2D eigenvalue weighted by atomic mass is 10.0. The first-order valence-corrected chi connectivity index (χ1v) is 10.6. The summed E-state index contributed by atoms with van der Waals surface area (Å²) >= 11 is 1.51. The highest BCUT2D eigenvalue weighted by atomic mass is 32.1. The second kappa shape index (κ2) is 7.79. The molecule has 8 heteroatoms. The number of phenols is 2. The number of imidazole rings is 1. The number of fused-ring (bicyclic) bond motifs is 1. The highest BCUT2D eigenvalue weighted by molar-refractivity contribution is 7.15. The van der Waals surface area contributed by atoms with Gasteiger partial charge in [-0.15, -0.1) is 11.3 Å². The maximum Gasteiger partial charge on any atom is 0.162 e. The van der Waals surface area contributed by atoms with Crippen LogP contribution in [0.5, 0.6) is 23.0 Å². The van der Waals surface area contributed by atoms with Crippen molar-refractivity contribution in [2.75, 3.05) is 7.11 Å². The van der Waals surface area contributed by atoms with Crippen molar-refractivity contribution in [1.29, 1.82) is 0 Å². The molecule has 0 radical (unpaired) electrons. The minimum absolute atomic E-state index is 0.0377. The molecule has 0 aliphatic rings. The number of nitrogens with zero attached hydrogens (tertiary/aromatic N) is 2. The van der Waals surface area contributed by atoms with E-state index in [4.69, 9.17) is 15.2 Å². The van der Waals surface area contributed by atoms with Gasteiger partial charge >= 0.3 is 0 Å². The molecule has 2 aromatic heterocycles. The first-order valence-electron chi connectivity index (χ1n) is 9.81. The summed E-state index contributed by atoms with van der Waals surface area (Å²) in [7, 11) is 1.51. The van der Waals surface area contributed by atoms with Crippen LogP contribution >= 0.6 is 11.3 Å². The standard InChI is InChI=1S/C23H25N3O4S/c1-13(14-7-5-6-8-17(14)27)30-20-11-21(31-22(20)23(2,3)24)26-12-25-15-9-18(28)19(29-4)10-16(15)26/h5-13,27-28H,24H2,1-4H3. The van der Waals surface area contributed by atoms with Crippen molar-refractivity contribution in [2.24, 2.45) is 5.73 Å². The molecule has 4 N–H and O–H groups in total. The summed E-state index contributed by atoms with van der Waals surface area (Å²) in [5.41, 5.74) is 7.95. The summed E-state index contributed by atoms with van der Waals surface area (Å²) in [5.74, 6) is 1.24. The van der Waals surface area contributed by atoms with E-state index in [0.717, 1.165) is 15.4 Å². The van der Waals surface area contributed by atoms with E-state index in [1.165, 1.54) is 18.4 Å². The lowest BCUT2D eigenvalue weighted by Crippen LogP contribution is -2.28. The topological polar surface area (TPSA) is 103 Å². The van der Waals surface area contributed by atoms with Crippen LogP contribution in [0.2, 0.25) is 0 Å². The average Bonchev–Trinajstić information content (AvgIpc) is 3.31. The van der Waals surface area contributed by atoms with Gasteiger partial charge in [-0.25, -0.2) is 4.98 Å². The maximum atomic E-state index is 10.2. The first kappa shape index (κ1) is 21.0. The average molecular weight is 440 g/mol. The summed E-state index contributed by atoms with van der Waals surface area (Å²) in [5, 5.41) is 21.1. The molecule has 0 amide bonds. The molecule has 0 bridgehead atoms. The number of benzene rings is 2. The Labute approximate surface area is 184 Å². The number of para-hydroxylation sites is 1. The number of phenolic OH excluding ortho intramolecular Hbond substituents is 2. The fourth-order valence-electron chi connectivity index (χ4n) is 3.47. The molecule has 0 aliphatic carbocycles. The fourth-order valence-corrected chi connectivity index (χ4v) is 4.56. The number of methoxy groups -OCH3 is 1. The van der Waals surface area contributed by atoms with Gasteiger partial charge in [0.05, 0.1) is 23.0 Å². The summed E-state index contributed by atoms with van der Waals surface area (Å²) in [6, 6.07) is 12.4. The van der Waals surface area contributed by atoms with E-state index in [9.17, 15) is 10.2 Å². The molecule has 0 saturated heterocycles. The number of ether oxygens (including phenoxy) is 2. The molecule has 1 unspecified atom stereocenters. The zero-order valence-corrected chi connectivity index (χ0v) is 18.6. The monoisotopic (exact) mass is 439 g/mol. The van der Waals surface area contributed by atoms with E-state index in [0.29, 0.717) is 22.6 Å². The normalized spacial score (nSPS) is 12.8. The molecule has 2 heterocycles. The van der Waals surface area contributed by atoms with E-state index in [2.05, 4.69) is 4.98 Å². The highest BCUT2D eigenvalue weighted by Gasteiger charge is 2.26. The van der Waals surface area contributed by atoms with Crippen LogP contribution in [0, 0.1) is 0 Å². The molecule has 162 valence electrons. The molecule has 0 saturated carbocycles. The number of nitrogens with two attached hydrogens (primary N) is 1. The summed E-state index contributed by atoms with van der Waals surface area (Å²) in [6.07, 6.45) is 1.32. The third-order valence-corrected chi connectivity index (χ3v) is 6.49. The Morgan fingerprint density at radius 2 is 1.84 bits per heavy atom. The fraction of sp³-hybridized carbons (Fsp3) is 0.261. The van der Waals surface area contributed by atoms with E-state index in [-0.39, 0.29) is 17.6 Å². The van der Waals surface area contributed by atoms with Crippen LogP contribution in [-0.4, -0.2) is 26.9 Å². The largest absolute Gasteiger partial charge is 0.508 e. The van der Waals surface area contributed by atoms with E-state index in [1.54, 1.807) is 30.6 Å². The Bertz CT molecular complexity index is 1240. The third kappa shape index (κ3) is 3.92. The molecule has 2 aromatic carbocycles. The third-order valence-electron chi connectivity index (χ3n) is 5.03. The van der Waals surface area contributed by atoms with Crippen molar-refractivity contribution < 1.29 is 19.7 Å². The number of hydrogen-bond acceptors (Lipinski definition) is 7. The van der Waals surface area contributed by atoms with Gasteiger partial charge in [-0.1, -0.05) is 18.2 Å². The lowest BCUT2D eigenvalue weighted by Gasteiger charge is -2.22. The van der Waals surface area contributed by atoms with Crippen LogP contribution in [-0.2, 0) is 5.54 Å². The predicted octanol–water partition coefficient (Wildman–Crippen LogP) is 4.84. The van der Waals surface area contributed by atoms with Gasteiger partial charge in [0.2, 0.25) is 0 Å². The number of hydrogen-bond donors (Lipinski definition) is 3. The molecular weight excluding hydrogens is 414 g/mol. The number of rotatable bonds is 6. The van der Waals surface area contributed by atoms with Crippen molar-refractivity contribution in [2.45, 2.75) is 32.4 Å². The Kier molecular flexibility index (Phi) is 5.28. The predicted molar refractivity (Wildman–Crippen MR) is 122 cm³/mol. The summed E-state index contributed by atoms with van der Waals surface area (Å²) in [6.45, 7) is 5.74. The zero-order valence-electron chi connectivity index (χ0n) is 17.8. The van der Waals surface area contributed by atoms with Crippen LogP contribution in [0.15, 0.2) is 48.8 Å². The van der Waals surface area contributed by atoms with Crippen LogP contribution in [0.1, 0.15) is 37.3 Å². The summed E-state index contributed by atoms with van der Waals surface area (Å²) in [4.78, 5) is 5.27. The molecule has 7 nitrogen and oxygen atoms in total. The van der Waals surface area contributed by atoms with Crippen molar-refractivity contribution in [3.63, 3.8) is 0 Å². The van der Waals surface area contributed by atoms with Crippen LogP contribution < -0.4 is 15.2 Å². The first-order chi connectivity index (χ1) is 14.7. The Morgan fingerprint density at radius 3 is 2.52 bits per heavy atom. The minimum Gasteiger partial charge on any atom is -0.508 e. The Balaban J connectivity index is 1.78. The number of aromatic hydroxyl groups is 2. The van der Waals surface area contributed by atoms with E-state index >= 15 is 0 Å². The Hall–Kier alpha value is -3.23. The van der Waals surface area contributed by atoms with E-state index in [1.807, 2.05) is 43.5 Å². The van der Waals surface area contributed by atoms with Crippen molar-refractivity contribution in [1.82, 2.24) is 9.55 Å². The van der Waals surface area contributed by atoms with Gasteiger partial charge in [-0.05, 0) is 26.8 Å². The Morgan fingerprint density at radius 1 is 1.10 bits per heavy atom. The molecule has 4 rings (SSSR count). The van der Waals surface area contributed by atoms with Crippen LogP contribution in [0.3, 0.4) is 0 Å². The molecular formula is C23H25N3O4S. The molecule has 0 spiro atoms. The maximum absolute atomic E-state index is 10.2. The molecule has 0 fully saturated rings. The molecule has 0 aliphatic heterocycles. The molecule has 4 aromatic rings. The second-order valence-electron chi connectivity index (χ2n) is 7.95. The van der Waals surface area contributed by atoms with Gasteiger partial charge in [0.25, 0.3) is 0 Å². The number of thiophene rings is 1. The second-order valence-corrected chi connectivity index (χ2v) is 8.98. The lowest BCUT2D eigenvalue weighted by molar-refractivity contribution is 0.218. The smallest absolute Gasteiger partial charge is 0.162 e. The van der Waals surface area contributed by atoms with Gasteiger partial charge in [0.15, 0.2) is 11.5 Å². The molecule has 1 atom stereocenters. The van der Waals surface area contributed by atoms with E-state index < -0.39 is 5.54 Å². The summed E-state index contributed by atoms with van der Waals surface area (Å²) < 4.78 is 13.4. The van der Waals surface area contributed by atoms with Crippen molar-refractivity contribution >= 4 is 22.4 Å². The zero-order chi connectivity index (χ0) is 22.3.